The number of carbonyl (C=O) groups is 1. The summed E-state index contributed by atoms with van der Waals surface area (Å²) in [5.74, 6) is -0.0246. The number of nitrogens with one attached hydrogen (secondary N) is 1. The molecule has 104 valence electrons. The molecule has 2 nitrogen and oxygen atoms in total. The molecule has 1 fully saturated rings. The molecular weight excluding hydrogens is 258 g/mol. The maximum atomic E-state index is 11.5. The van der Waals surface area contributed by atoms with Gasteiger partial charge in [0.25, 0.3) is 0 Å². The van der Waals surface area contributed by atoms with Crippen LogP contribution in [0.2, 0.25) is 0 Å². The van der Waals surface area contributed by atoms with Crippen LogP contribution >= 0.6 is 11.6 Å². The Labute approximate surface area is 120 Å². The summed E-state index contributed by atoms with van der Waals surface area (Å²) in [5.41, 5.74) is 2.75. The predicted molar refractivity (Wildman–Crippen MR) is 79.7 cm³/mol. The molecule has 3 heteroatoms. The second-order valence-corrected chi connectivity index (χ2v) is 5.89. The lowest BCUT2D eigenvalue weighted by atomic mass is 9.69. The molecule has 1 amide bonds. The highest BCUT2D eigenvalue weighted by Crippen LogP contribution is 2.39. The average molecular weight is 280 g/mol. The highest BCUT2D eigenvalue weighted by atomic mass is 35.5. The second-order valence-electron chi connectivity index (χ2n) is 5.62. The summed E-state index contributed by atoms with van der Waals surface area (Å²) < 4.78 is 0. The van der Waals surface area contributed by atoms with E-state index in [0.717, 1.165) is 12.8 Å². The van der Waals surface area contributed by atoms with Crippen molar-refractivity contribution >= 4 is 17.5 Å². The van der Waals surface area contributed by atoms with Gasteiger partial charge in [-0.15, -0.1) is 11.6 Å². The molecule has 19 heavy (non-hydrogen) atoms. The fourth-order valence-electron chi connectivity index (χ4n) is 3.09. The summed E-state index contributed by atoms with van der Waals surface area (Å²) in [6.07, 6.45) is 6.09. The van der Waals surface area contributed by atoms with Crippen molar-refractivity contribution in [3.63, 3.8) is 0 Å². The highest BCUT2D eigenvalue weighted by Gasteiger charge is 2.34. The molecule has 1 saturated carbocycles. The Bertz CT molecular complexity index is 438. The van der Waals surface area contributed by atoms with Crippen LogP contribution in [0.3, 0.4) is 0 Å². The summed E-state index contributed by atoms with van der Waals surface area (Å²) in [4.78, 5) is 11.5. The normalized spacial score (nSPS) is 18.0. The van der Waals surface area contributed by atoms with Crippen molar-refractivity contribution in [3.05, 3.63) is 35.4 Å². The second kappa shape index (κ2) is 6.42. The maximum Gasteiger partial charge on any atom is 0.234 e. The standard InChI is InChI=1S/C16H22ClNO/c1-13-6-5-7-14(10-13)16(8-3-2-4-9-16)12-18-15(19)11-17/h5-7,10H,2-4,8-9,11-12H2,1H3,(H,18,19). The van der Waals surface area contributed by atoms with E-state index >= 15 is 0 Å². The lowest BCUT2D eigenvalue weighted by molar-refractivity contribution is -0.119. The van der Waals surface area contributed by atoms with Crippen LogP contribution in [-0.4, -0.2) is 18.3 Å². The first-order chi connectivity index (χ1) is 9.16. The molecule has 0 aliphatic heterocycles. The average Bonchev–Trinajstić information content (AvgIpc) is 2.46. The van der Waals surface area contributed by atoms with Crippen molar-refractivity contribution in [3.8, 4) is 0 Å². The molecule has 0 heterocycles. The van der Waals surface area contributed by atoms with Crippen molar-refractivity contribution < 1.29 is 4.79 Å². The zero-order chi connectivity index (χ0) is 13.7. The van der Waals surface area contributed by atoms with Gasteiger partial charge >= 0.3 is 0 Å². The Morgan fingerprint density at radius 3 is 2.68 bits per heavy atom. The van der Waals surface area contributed by atoms with Crippen LogP contribution in [0, 0.1) is 6.92 Å². The van der Waals surface area contributed by atoms with E-state index in [1.165, 1.54) is 30.4 Å². The van der Waals surface area contributed by atoms with Gasteiger partial charge in [0.2, 0.25) is 5.91 Å². The lowest BCUT2D eigenvalue weighted by Gasteiger charge is -2.38. The van der Waals surface area contributed by atoms with E-state index in [2.05, 4.69) is 36.5 Å². The third-order valence-corrected chi connectivity index (χ3v) is 4.43. The van der Waals surface area contributed by atoms with Crippen LogP contribution in [0.1, 0.15) is 43.2 Å². The Morgan fingerprint density at radius 2 is 2.05 bits per heavy atom. The monoisotopic (exact) mass is 279 g/mol. The molecule has 0 saturated heterocycles. The van der Waals surface area contributed by atoms with Gasteiger partial charge in [-0.05, 0) is 25.3 Å². The third-order valence-electron chi connectivity index (χ3n) is 4.19. The summed E-state index contributed by atoms with van der Waals surface area (Å²) in [7, 11) is 0. The Morgan fingerprint density at radius 1 is 1.32 bits per heavy atom. The van der Waals surface area contributed by atoms with Gasteiger partial charge in [0, 0.05) is 12.0 Å². The first-order valence-electron chi connectivity index (χ1n) is 7.06. The molecule has 0 unspecified atom stereocenters. The van der Waals surface area contributed by atoms with Crippen LogP contribution in [0.15, 0.2) is 24.3 Å². The van der Waals surface area contributed by atoms with E-state index in [0.29, 0.717) is 6.54 Å². The fraction of sp³-hybridized carbons (Fsp3) is 0.562. The number of amides is 1. The van der Waals surface area contributed by atoms with Crippen molar-refractivity contribution in [1.82, 2.24) is 5.32 Å². The number of halogens is 1. The van der Waals surface area contributed by atoms with E-state index < -0.39 is 0 Å². The molecule has 0 bridgehead atoms. The molecule has 2 rings (SSSR count). The fourth-order valence-corrected chi connectivity index (χ4v) is 3.18. The first-order valence-corrected chi connectivity index (χ1v) is 7.60. The molecule has 1 aliphatic rings. The SMILES string of the molecule is Cc1cccc(C2(CNC(=O)CCl)CCCCC2)c1. The number of hydrogen-bond donors (Lipinski definition) is 1. The maximum absolute atomic E-state index is 11.5. The van der Waals surface area contributed by atoms with Gasteiger partial charge < -0.3 is 5.32 Å². The van der Waals surface area contributed by atoms with Crippen molar-refractivity contribution in [1.29, 1.82) is 0 Å². The van der Waals surface area contributed by atoms with Crippen LogP contribution < -0.4 is 5.32 Å². The summed E-state index contributed by atoms with van der Waals surface area (Å²) in [6.45, 7) is 2.83. The third kappa shape index (κ3) is 3.50. The van der Waals surface area contributed by atoms with E-state index in [1.807, 2.05) is 0 Å². The number of benzene rings is 1. The highest BCUT2D eigenvalue weighted by molar-refractivity contribution is 6.27. The summed E-state index contributed by atoms with van der Waals surface area (Å²) in [5, 5.41) is 2.99. The van der Waals surface area contributed by atoms with Crippen LogP contribution in [0.25, 0.3) is 0 Å². The van der Waals surface area contributed by atoms with Gasteiger partial charge in [-0.3, -0.25) is 4.79 Å². The molecule has 0 radical (unpaired) electrons. The summed E-state index contributed by atoms with van der Waals surface area (Å²) >= 11 is 5.57. The smallest absolute Gasteiger partial charge is 0.234 e. The van der Waals surface area contributed by atoms with Crippen molar-refractivity contribution in [2.24, 2.45) is 0 Å². The predicted octanol–water partition coefficient (Wildman–Crippen LogP) is 3.55. The minimum absolute atomic E-state index is 0.0455. The van der Waals surface area contributed by atoms with Gasteiger partial charge in [-0.2, -0.15) is 0 Å². The quantitative estimate of drug-likeness (QED) is 0.839. The molecule has 1 N–H and O–H groups in total. The van der Waals surface area contributed by atoms with Gasteiger partial charge in [0.1, 0.15) is 5.88 Å². The van der Waals surface area contributed by atoms with Crippen LogP contribution in [0.4, 0.5) is 0 Å². The molecule has 1 aromatic rings. The van der Waals surface area contributed by atoms with Gasteiger partial charge in [0.05, 0.1) is 0 Å². The number of rotatable bonds is 4. The first kappa shape index (κ1) is 14.4. The molecule has 0 atom stereocenters. The van der Waals surface area contributed by atoms with E-state index in [4.69, 9.17) is 11.6 Å². The Hall–Kier alpha value is -1.02. The topological polar surface area (TPSA) is 29.1 Å². The number of alkyl halides is 1. The van der Waals surface area contributed by atoms with E-state index in [9.17, 15) is 4.79 Å². The molecule has 0 aromatic heterocycles. The van der Waals surface area contributed by atoms with Crippen LogP contribution in [0.5, 0.6) is 0 Å². The minimum atomic E-state index is -0.0701. The number of aryl methyl sites for hydroxylation is 1. The molecule has 1 aromatic carbocycles. The number of hydrogen-bond acceptors (Lipinski definition) is 1. The lowest BCUT2D eigenvalue weighted by Crippen LogP contribution is -2.42. The molecule has 0 spiro atoms. The van der Waals surface area contributed by atoms with Crippen molar-refractivity contribution in [2.75, 3.05) is 12.4 Å². The molecular formula is C16H22ClNO. The largest absolute Gasteiger partial charge is 0.354 e. The van der Waals surface area contributed by atoms with E-state index in [1.54, 1.807) is 0 Å². The summed E-state index contributed by atoms with van der Waals surface area (Å²) in [6, 6.07) is 8.70. The molecule has 1 aliphatic carbocycles. The zero-order valence-electron chi connectivity index (χ0n) is 11.5. The van der Waals surface area contributed by atoms with E-state index in [-0.39, 0.29) is 17.2 Å². The Balaban J connectivity index is 2.21. The number of carbonyl (C=O) groups excluding carboxylic acids is 1. The minimum Gasteiger partial charge on any atom is -0.354 e. The zero-order valence-corrected chi connectivity index (χ0v) is 12.3. The van der Waals surface area contributed by atoms with Crippen LogP contribution in [-0.2, 0) is 10.2 Å². The van der Waals surface area contributed by atoms with Gasteiger partial charge in [0.15, 0.2) is 0 Å². The van der Waals surface area contributed by atoms with Crippen molar-refractivity contribution in [2.45, 2.75) is 44.4 Å². The Kier molecular flexibility index (Phi) is 4.87. The van der Waals surface area contributed by atoms with Gasteiger partial charge in [-0.1, -0.05) is 49.1 Å². The van der Waals surface area contributed by atoms with Gasteiger partial charge in [-0.25, -0.2) is 0 Å².